The van der Waals surface area contributed by atoms with Gasteiger partial charge in [0, 0.05) is 55.0 Å². The van der Waals surface area contributed by atoms with Crippen molar-refractivity contribution in [3.05, 3.63) is 52.4 Å². The predicted molar refractivity (Wildman–Crippen MR) is 122 cm³/mol. The molecule has 34 heavy (non-hydrogen) atoms. The Morgan fingerprint density at radius 2 is 1.94 bits per heavy atom. The highest BCUT2D eigenvalue weighted by Crippen LogP contribution is 2.52. The summed E-state index contributed by atoms with van der Waals surface area (Å²) in [6.07, 6.45) is 1.80. The first-order valence-corrected chi connectivity index (χ1v) is 10.9. The zero-order valence-electron chi connectivity index (χ0n) is 18.6. The quantitative estimate of drug-likeness (QED) is 0.422. The summed E-state index contributed by atoms with van der Waals surface area (Å²) in [6, 6.07) is 5.47. The van der Waals surface area contributed by atoms with Gasteiger partial charge in [0.25, 0.3) is 5.91 Å². The van der Waals surface area contributed by atoms with Gasteiger partial charge in [0.1, 0.15) is 17.1 Å². The predicted octanol–water partition coefficient (Wildman–Crippen LogP) is 1.17. The number of primary amides is 1. The van der Waals surface area contributed by atoms with Crippen molar-refractivity contribution in [2.24, 2.45) is 17.6 Å². The van der Waals surface area contributed by atoms with E-state index in [2.05, 4.69) is 10.2 Å². The largest absolute Gasteiger partial charge is 0.508 e. The number of benzene rings is 1. The Bertz CT molecular complexity index is 1320. The Labute approximate surface area is 194 Å². The van der Waals surface area contributed by atoms with E-state index in [0.29, 0.717) is 23.2 Å². The number of nitrogens with two attached hydrogens (primary N) is 1. The highest BCUT2D eigenvalue weighted by molar-refractivity contribution is 6.22. The molecule has 0 spiro atoms. The molecule has 0 bridgehead atoms. The number of rotatable bonds is 3. The number of H-pyrrole nitrogens is 1. The summed E-state index contributed by atoms with van der Waals surface area (Å²) in [5, 5.41) is 40.4. The maximum atomic E-state index is 13.7. The molecular weight excluding hydrogens is 440 g/mol. The van der Waals surface area contributed by atoms with E-state index in [1.807, 2.05) is 31.1 Å². The number of aromatic nitrogens is 2. The number of fused-ring (bicyclic) bond motifs is 3. The first-order chi connectivity index (χ1) is 16.1. The molecule has 0 unspecified atom stereocenters. The Kier molecular flexibility index (Phi) is 4.70. The van der Waals surface area contributed by atoms with Gasteiger partial charge in [0.15, 0.2) is 11.4 Å². The van der Waals surface area contributed by atoms with Crippen LogP contribution < -0.4 is 10.6 Å². The SMILES string of the molecule is CN(C)c1ccc(-c2ccn[nH]2)c2c1C[C@H]1C[C@H]3CC(=O)C(C(N)=O)=C(O)[C@@]3(O)C(=O)C1=C2O. The van der Waals surface area contributed by atoms with E-state index in [1.165, 1.54) is 0 Å². The summed E-state index contributed by atoms with van der Waals surface area (Å²) in [6.45, 7) is 0. The molecule has 1 amide bonds. The van der Waals surface area contributed by atoms with E-state index in [1.54, 1.807) is 12.3 Å². The molecule has 3 atom stereocenters. The minimum atomic E-state index is -2.51. The maximum absolute atomic E-state index is 13.7. The van der Waals surface area contributed by atoms with E-state index in [9.17, 15) is 29.7 Å². The minimum Gasteiger partial charge on any atom is -0.508 e. The van der Waals surface area contributed by atoms with Gasteiger partial charge in [-0.2, -0.15) is 5.10 Å². The van der Waals surface area contributed by atoms with Crippen molar-refractivity contribution in [2.45, 2.75) is 24.9 Å². The number of aromatic amines is 1. The van der Waals surface area contributed by atoms with Gasteiger partial charge < -0.3 is 26.0 Å². The van der Waals surface area contributed by atoms with E-state index < -0.39 is 46.2 Å². The monoisotopic (exact) mass is 464 g/mol. The number of carbonyl (C=O) groups is 3. The first-order valence-electron chi connectivity index (χ1n) is 10.9. The highest BCUT2D eigenvalue weighted by atomic mass is 16.3. The number of amides is 1. The van der Waals surface area contributed by atoms with Crippen LogP contribution in [0, 0.1) is 11.8 Å². The first kappa shape index (κ1) is 21.9. The van der Waals surface area contributed by atoms with Crippen molar-refractivity contribution < 1.29 is 29.7 Å². The number of ketones is 2. The fourth-order valence-corrected chi connectivity index (χ4v) is 5.67. The van der Waals surface area contributed by atoms with Crippen molar-refractivity contribution in [3.63, 3.8) is 0 Å². The number of Topliss-reactive ketones (excluding diaryl/α,β-unsaturated/α-hetero) is 2. The third kappa shape index (κ3) is 2.78. The van der Waals surface area contributed by atoms with E-state index in [-0.39, 0.29) is 24.2 Å². The van der Waals surface area contributed by atoms with Crippen LogP contribution in [0.15, 0.2) is 41.3 Å². The lowest BCUT2D eigenvalue weighted by Crippen LogP contribution is -2.58. The van der Waals surface area contributed by atoms with Crippen molar-refractivity contribution in [1.82, 2.24) is 10.2 Å². The van der Waals surface area contributed by atoms with Crippen molar-refractivity contribution in [3.8, 4) is 11.3 Å². The van der Waals surface area contributed by atoms with Crippen LogP contribution in [-0.4, -0.2) is 62.7 Å². The molecule has 0 aliphatic heterocycles. The van der Waals surface area contributed by atoms with Crippen LogP contribution in [0.4, 0.5) is 5.69 Å². The van der Waals surface area contributed by atoms with Gasteiger partial charge in [-0.05, 0) is 36.5 Å². The molecule has 1 heterocycles. The van der Waals surface area contributed by atoms with Crippen LogP contribution in [0.2, 0.25) is 0 Å². The van der Waals surface area contributed by atoms with Gasteiger partial charge in [0.05, 0.1) is 5.69 Å². The summed E-state index contributed by atoms with van der Waals surface area (Å²) >= 11 is 0. The molecule has 176 valence electrons. The second-order valence-corrected chi connectivity index (χ2v) is 9.26. The Morgan fingerprint density at radius 1 is 1.21 bits per heavy atom. The molecule has 3 aliphatic carbocycles. The molecule has 1 aromatic heterocycles. The summed E-state index contributed by atoms with van der Waals surface area (Å²) in [5.41, 5.74) is 5.29. The lowest BCUT2D eigenvalue weighted by molar-refractivity contribution is -0.147. The van der Waals surface area contributed by atoms with Gasteiger partial charge in [-0.1, -0.05) is 6.07 Å². The van der Waals surface area contributed by atoms with Gasteiger partial charge in [-0.3, -0.25) is 19.5 Å². The number of aliphatic hydroxyl groups excluding tert-OH is 2. The highest BCUT2D eigenvalue weighted by Gasteiger charge is 2.60. The number of nitrogens with zero attached hydrogens (tertiary/aromatic N) is 2. The van der Waals surface area contributed by atoms with Gasteiger partial charge >= 0.3 is 0 Å². The van der Waals surface area contributed by atoms with Gasteiger partial charge in [0.2, 0.25) is 5.78 Å². The van der Waals surface area contributed by atoms with E-state index in [4.69, 9.17) is 5.73 Å². The average molecular weight is 464 g/mol. The van der Waals surface area contributed by atoms with E-state index >= 15 is 0 Å². The minimum absolute atomic E-state index is 0.0346. The van der Waals surface area contributed by atoms with Crippen LogP contribution in [-0.2, 0) is 20.8 Å². The van der Waals surface area contributed by atoms with Crippen molar-refractivity contribution in [1.29, 1.82) is 0 Å². The lowest BCUT2D eigenvalue weighted by atomic mass is 9.59. The topological polar surface area (TPSA) is 170 Å². The Morgan fingerprint density at radius 3 is 2.56 bits per heavy atom. The van der Waals surface area contributed by atoms with E-state index in [0.717, 1.165) is 11.3 Å². The van der Waals surface area contributed by atoms with Gasteiger partial charge in [-0.15, -0.1) is 0 Å². The fraction of sp³-hybridized carbons (Fsp3) is 0.333. The number of hydrogen-bond acceptors (Lipinski definition) is 8. The number of aliphatic hydroxyl groups is 3. The molecule has 1 saturated carbocycles. The smallest absolute Gasteiger partial charge is 0.255 e. The Hall–Kier alpha value is -3.92. The molecule has 2 aromatic rings. The lowest BCUT2D eigenvalue weighted by Gasteiger charge is -2.46. The molecule has 0 radical (unpaired) electrons. The summed E-state index contributed by atoms with van der Waals surface area (Å²) < 4.78 is 0. The normalized spacial score (nSPS) is 26.2. The van der Waals surface area contributed by atoms with Crippen LogP contribution in [0.25, 0.3) is 17.0 Å². The molecule has 5 rings (SSSR count). The Balaban J connectivity index is 1.76. The second kappa shape index (κ2) is 7.29. The zero-order chi connectivity index (χ0) is 24.5. The molecule has 1 fully saturated rings. The summed E-state index contributed by atoms with van der Waals surface area (Å²) in [7, 11) is 3.75. The number of hydrogen-bond donors (Lipinski definition) is 5. The van der Waals surface area contributed by atoms with Crippen LogP contribution in [0.5, 0.6) is 0 Å². The molecule has 10 nitrogen and oxygen atoms in total. The average Bonchev–Trinajstić information content (AvgIpc) is 3.30. The summed E-state index contributed by atoms with van der Waals surface area (Å²) in [5.74, 6) is -5.63. The number of carbonyl (C=O) groups excluding carboxylic acids is 3. The second-order valence-electron chi connectivity index (χ2n) is 9.26. The van der Waals surface area contributed by atoms with Crippen LogP contribution in [0.3, 0.4) is 0 Å². The number of anilines is 1. The molecule has 0 saturated heterocycles. The van der Waals surface area contributed by atoms with Crippen LogP contribution in [0.1, 0.15) is 24.0 Å². The summed E-state index contributed by atoms with van der Waals surface area (Å²) in [4.78, 5) is 39.8. The third-order valence-electron chi connectivity index (χ3n) is 7.22. The van der Waals surface area contributed by atoms with Crippen molar-refractivity contribution in [2.75, 3.05) is 19.0 Å². The number of nitrogens with one attached hydrogen (secondary N) is 1. The standard InChI is InChI=1S/C24H24N4O6/c1-28(2)15-4-3-12(14-5-6-26-27-14)18-13(15)8-10-7-11-9-16(29)19(23(25)33)22(32)24(11,34)21(31)17(10)20(18)30/h3-6,10-11,30,32,34H,7-9H2,1-2H3,(H2,25,33)(H,26,27)/t10-,11+,24+/m1/s1. The zero-order valence-corrected chi connectivity index (χ0v) is 18.6. The van der Waals surface area contributed by atoms with Crippen molar-refractivity contribution >= 4 is 28.9 Å². The van der Waals surface area contributed by atoms with Gasteiger partial charge in [-0.25, -0.2) is 0 Å². The fourth-order valence-electron chi connectivity index (χ4n) is 5.67. The molecular formula is C24H24N4O6. The third-order valence-corrected chi connectivity index (χ3v) is 7.22. The molecule has 6 N–H and O–H groups in total. The molecule has 10 heteroatoms. The molecule has 1 aromatic carbocycles. The molecule has 3 aliphatic rings. The van der Waals surface area contributed by atoms with Crippen LogP contribution >= 0.6 is 0 Å². The maximum Gasteiger partial charge on any atom is 0.255 e.